The molecule has 0 saturated carbocycles. The first-order chi connectivity index (χ1) is 23.2. The van der Waals surface area contributed by atoms with E-state index in [0.29, 0.717) is 33.6 Å². The van der Waals surface area contributed by atoms with Crippen molar-refractivity contribution in [2.75, 3.05) is 14.2 Å². The molecule has 2 N–H and O–H groups in total. The largest absolute Gasteiger partial charge is 0.468 e. The second-order valence-corrected chi connectivity index (χ2v) is 13.8. The number of ether oxygens (including phenoxy) is 1. The summed E-state index contributed by atoms with van der Waals surface area (Å²) in [6.45, 7) is 1.55. The highest BCUT2D eigenvalue weighted by atomic mass is 32.2. The predicted molar refractivity (Wildman–Crippen MR) is 188 cm³/mol. The highest BCUT2D eigenvalue weighted by molar-refractivity contribution is 7.99. The topological polar surface area (TPSA) is 129 Å². The molecule has 6 aromatic rings. The van der Waals surface area contributed by atoms with Crippen LogP contribution in [0, 0.1) is 0 Å². The number of aromatic nitrogens is 4. The smallest absolute Gasteiger partial charge is 0.440 e. The quantitative estimate of drug-likeness (QED) is 0.112. The molecule has 0 aliphatic carbocycles. The average Bonchev–Trinajstić information content (AvgIpc) is 3.66. The minimum Gasteiger partial charge on any atom is -0.468 e. The summed E-state index contributed by atoms with van der Waals surface area (Å²) in [7, 11) is 0.571. The Kier molecular flexibility index (Phi) is 9.49. The summed E-state index contributed by atoms with van der Waals surface area (Å²) in [5.41, 5.74) is 3.19. The van der Waals surface area contributed by atoms with Crippen LogP contribution in [0.3, 0.4) is 0 Å². The Labute approximate surface area is 281 Å². The van der Waals surface area contributed by atoms with Crippen molar-refractivity contribution < 1.29 is 23.4 Å². The summed E-state index contributed by atoms with van der Waals surface area (Å²) in [6.07, 6.45) is 7.22. The van der Waals surface area contributed by atoms with Gasteiger partial charge >= 0.3 is 13.6 Å². The van der Waals surface area contributed by atoms with E-state index in [0.717, 1.165) is 20.7 Å². The highest BCUT2D eigenvalue weighted by Crippen LogP contribution is 2.48. The van der Waals surface area contributed by atoms with Crippen LogP contribution in [-0.2, 0) is 21.1 Å². The molecule has 0 aliphatic rings. The Balaban J connectivity index is 1.51. The SMILES string of the molecule is CNC(=O)c1ccccc1Sc1ccc2c(/C=C/c3ccccn3)nn(P(=O)(N[C@@H](C)C(=O)OC)Oc3ccc4c(ccn4C)c3)c2c1. The van der Waals surface area contributed by atoms with Crippen molar-refractivity contribution in [2.24, 2.45) is 7.05 Å². The number of aryl methyl sites for hydroxylation is 1. The number of methoxy groups -OCH3 is 1. The van der Waals surface area contributed by atoms with Gasteiger partial charge in [-0.25, -0.2) is 9.65 Å². The molecule has 6 rings (SSSR count). The van der Waals surface area contributed by atoms with Crippen LogP contribution in [0.25, 0.3) is 34.0 Å². The van der Waals surface area contributed by atoms with E-state index in [1.807, 2.05) is 90.6 Å². The molecule has 0 bridgehead atoms. The van der Waals surface area contributed by atoms with Crippen molar-refractivity contribution in [3.8, 4) is 5.75 Å². The van der Waals surface area contributed by atoms with Crippen LogP contribution in [-0.4, -0.2) is 51.2 Å². The number of hydrogen-bond donors (Lipinski definition) is 2. The zero-order chi connectivity index (χ0) is 33.8. The molecule has 244 valence electrons. The van der Waals surface area contributed by atoms with Gasteiger partial charge in [-0.05, 0) is 85.8 Å². The number of hydrogen-bond acceptors (Lipinski definition) is 8. The van der Waals surface area contributed by atoms with Crippen molar-refractivity contribution in [1.29, 1.82) is 0 Å². The molecule has 13 heteroatoms. The van der Waals surface area contributed by atoms with Gasteiger partial charge in [-0.1, -0.05) is 30.0 Å². The molecular formula is C35H33N6O5PS. The summed E-state index contributed by atoms with van der Waals surface area (Å²) in [6, 6.07) is 24.8. The van der Waals surface area contributed by atoms with Crippen molar-refractivity contribution >= 4 is 65.3 Å². The molecule has 3 aromatic heterocycles. The summed E-state index contributed by atoms with van der Waals surface area (Å²) in [4.78, 5) is 31.1. The molecule has 1 unspecified atom stereocenters. The third-order valence-corrected chi connectivity index (χ3v) is 10.6. The lowest BCUT2D eigenvalue weighted by molar-refractivity contribution is -0.142. The molecule has 0 radical (unpaired) electrons. The molecule has 0 spiro atoms. The number of esters is 1. The number of rotatable bonds is 11. The Morgan fingerprint density at radius 3 is 2.56 bits per heavy atom. The lowest BCUT2D eigenvalue weighted by atomic mass is 10.2. The van der Waals surface area contributed by atoms with Gasteiger partial charge in [0.05, 0.1) is 29.6 Å². The van der Waals surface area contributed by atoms with Crippen LogP contribution >= 0.6 is 19.4 Å². The lowest BCUT2D eigenvalue weighted by Gasteiger charge is -2.23. The first kappa shape index (κ1) is 32.8. The van der Waals surface area contributed by atoms with E-state index >= 15 is 4.57 Å². The van der Waals surface area contributed by atoms with Gasteiger partial charge in [-0.3, -0.25) is 14.6 Å². The van der Waals surface area contributed by atoms with Gasteiger partial charge in [-0.15, -0.1) is 0 Å². The summed E-state index contributed by atoms with van der Waals surface area (Å²) >= 11 is 1.38. The van der Waals surface area contributed by atoms with E-state index in [9.17, 15) is 9.59 Å². The van der Waals surface area contributed by atoms with Crippen LogP contribution in [0.1, 0.15) is 28.7 Å². The third kappa shape index (κ3) is 6.77. The fourth-order valence-electron chi connectivity index (χ4n) is 5.19. The lowest BCUT2D eigenvalue weighted by Crippen LogP contribution is -2.36. The van der Waals surface area contributed by atoms with Crippen LogP contribution < -0.4 is 14.9 Å². The summed E-state index contributed by atoms with van der Waals surface area (Å²) < 4.78 is 29.7. The maximum Gasteiger partial charge on any atom is 0.440 e. The second-order valence-electron chi connectivity index (χ2n) is 10.9. The van der Waals surface area contributed by atoms with Gasteiger partial charge in [0.15, 0.2) is 0 Å². The van der Waals surface area contributed by atoms with E-state index < -0.39 is 19.7 Å². The molecule has 2 atom stereocenters. The molecule has 0 saturated heterocycles. The molecule has 0 aliphatic heterocycles. The van der Waals surface area contributed by atoms with Gasteiger partial charge in [0.2, 0.25) is 0 Å². The van der Waals surface area contributed by atoms with Gasteiger partial charge in [0.25, 0.3) is 5.91 Å². The van der Waals surface area contributed by atoms with Gasteiger partial charge in [0, 0.05) is 52.6 Å². The van der Waals surface area contributed by atoms with E-state index in [-0.39, 0.29) is 5.91 Å². The Hall–Kier alpha value is -5.16. The maximum atomic E-state index is 15.2. The molecule has 3 heterocycles. The number of benzene rings is 3. The van der Waals surface area contributed by atoms with Crippen LogP contribution in [0.15, 0.2) is 107 Å². The van der Waals surface area contributed by atoms with Crippen molar-refractivity contribution in [3.63, 3.8) is 0 Å². The van der Waals surface area contributed by atoms with Gasteiger partial charge < -0.3 is 19.1 Å². The van der Waals surface area contributed by atoms with Crippen LogP contribution in [0.4, 0.5) is 0 Å². The fraction of sp³-hybridized carbons (Fsp3) is 0.143. The highest BCUT2D eigenvalue weighted by Gasteiger charge is 2.36. The number of nitrogens with zero attached hydrogens (tertiary/aromatic N) is 4. The first-order valence-electron chi connectivity index (χ1n) is 15.0. The van der Waals surface area contributed by atoms with Gasteiger partial charge in [0.1, 0.15) is 11.8 Å². The van der Waals surface area contributed by atoms with E-state index in [2.05, 4.69) is 15.4 Å². The van der Waals surface area contributed by atoms with Gasteiger partial charge in [-0.2, -0.15) is 9.55 Å². The minimum atomic E-state index is -4.22. The molecular weight excluding hydrogens is 647 g/mol. The monoisotopic (exact) mass is 680 g/mol. The predicted octanol–water partition coefficient (Wildman–Crippen LogP) is 6.79. The summed E-state index contributed by atoms with van der Waals surface area (Å²) in [5.74, 6) is -0.507. The first-order valence-corrected chi connectivity index (χ1v) is 17.4. The Morgan fingerprint density at radius 2 is 1.79 bits per heavy atom. The number of nitrogens with one attached hydrogen (secondary N) is 2. The van der Waals surface area contributed by atoms with Crippen molar-refractivity contribution in [2.45, 2.75) is 22.8 Å². The fourth-order valence-corrected chi connectivity index (χ4v) is 8.06. The molecule has 0 fully saturated rings. The number of carbonyl (C=O) groups excluding carboxylic acids is 2. The average molecular weight is 681 g/mol. The molecule has 3 aromatic carbocycles. The second kappa shape index (κ2) is 13.9. The number of carbonyl (C=O) groups is 2. The zero-order valence-electron chi connectivity index (χ0n) is 26.7. The number of fused-ring (bicyclic) bond motifs is 2. The van der Waals surface area contributed by atoms with E-state index in [1.165, 1.54) is 23.3 Å². The van der Waals surface area contributed by atoms with Crippen molar-refractivity contribution in [3.05, 3.63) is 114 Å². The standard InChI is InChI=1S/C35H33N6O5PS/c1-23(35(43)45-4)39-47(44,46-26-13-17-31-24(21-26)18-20-40(31)3)41-32-22-27(48-33-11-6-5-10-29(33)34(42)36-2)14-15-28(32)30(38-41)16-12-25-9-7-8-19-37-25/h5-23H,1-4H3,(H,36,42)(H,39,44)/b16-12+/t23-,47?/m0/s1. The molecule has 48 heavy (non-hydrogen) atoms. The number of amides is 1. The minimum absolute atomic E-state index is 0.208. The maximum absolute atomic E-state index is 15.2. The van der Waals surface area contributed by atoms with Crippen LogP contribution in [0.2, 0.25) is 0 Å². The summed E-state index contributed by atoms with van der Waals surface area (Å²) in [5, 5.41) is 12.0. The van der Waals surface area contributed by atoms with E-state index in [4.69, 9.17) is 14.4 Å². The normalized spacial score (nSPS) is 13.4. The Morgan fingerprint density at radius 1 is 0.979 bits per heavy atom. The Bertz CT molecular complexity index is 2210. The van der Waals surface area contributed by atoms with E-state index in [1.54, 1.807) is 44.4 Å². The zero-order valence-corrected chi connectivity index (χ0v) is 28.4. The van der Waals surface area contributed by atoms with Crippen LogP contribution in [0.5, 0.6) is 5.75 Å². The van der Waals surface area contributed by atoms with Crippen molar-refractivity contribution in [1.82, 2.24) is 29.5 Å². The molecule has 11 nitrogen and oxygen atoms in total. The molecule has 1 amide bonds. The third-order valence-electron chi connectivity index (χ3n) is 7.60. The number of pyridine rings is 1.